The van der Waals surface area contributed by atoms with Crippen LogP contribution in [0.3, 0.4) is 0 Å². The topological polar surface area (TPSA) is 37.0 Å². The van der Waals surface area contributed by atoms with Gasteiger partial charge < -0.3 is 10.6 Å². The lowest BCUT2D eigenvalue weighted by Gasteiger charge is -2.15. The number of nitrogens with one attached hydrogen (secondary N) is 2. The van der Waals surface area contributed by atoms with Crippen molar-refractivity contribution in [3.63, 3.8) is 0 Å². The minimum atomic E-state index is -4.87. The van der Waals surface area contributed by atoms with Gasteiger partial charge in [0.05, 0.1) is 11.1 Å². The molecule has 0 fully saturated rings. The molecule has 0 aliphatic rings. The second kappa shape index (κ2) is 7.71. The minimum absolute atomic E-state index is 0.0980. The molecule has 0 atom stereocenters. The molecule has 2 N–H and O–H groups in total. The van der Waals surface area contributed by atoms with E-state index < -0.39 is 23.5 Å². The fourth-order valence-corrected chi connectivity index (χ4v) is 2.42. The molecule has 1 heterocycles. The molecular weight excluding hydrogens is 384 g/mol. The van der Waals surface area contributed by atoms with Crippen LogP contribution < -0.4 is 10.6 Å². The Morgan fingerprint density at radius 1 is 0.923 bits per heavy atom. The van der Waals surface area contributed by atoms with Gasteiger partial charge in [0.1, 0.15) is 11.0 Å². The summed E-state index contributed by atoms with van der Waals surface area (Å²) < 4.78 is 77.0. The summed E-state index contributed by atoms with van der Waals surface area (Å²) in [6, 6.07) is 4.77. The summed E-state index contributed by atoms with van der Waals surface area (Å²) in [6.45, 7) is -0.0649. The smallest absolute Gasteiger partial charge is 0.373 e. The highest BCUT2D eigenvalue weighted by Gasteiger charge is 2.36. The van der Waals surface area contributed by atoms with Crippen molar-refractivity contribution in [1.29, 1.82) is 0 Å². The third kappa shape index (κ3) is 5.25. The number of halogens is 7. The van der Waals surface area contributed by atoms with Crippen LogP contribution in [-0.2, 0) is 25.4 Å². The normalized spacial score (nSPS) is 12.3. The fourth-order valence-electron chi connectivity index (χ4n) is 2.20. The summed E-state index contributed by atoms with van der Waals surface area (Å²) in [4.78, 5) is 4.03. The lowest BCUT2D eigenvalue weighted by atomic mass is 10.0. The van der Waals surface area contributed by atoms with Gasteiger partial charge >= 0.3 is 12.4 Å². The largest absolute Gasteiger partial charge is 0.416 e. The zero-order valence-electron chi connectivity index (χ0n) is 13.4. The number of pyridine rings is 1. The predicted molar refractivity (Wildman–Crippen MR) is 85.8 cm³/mol. The quantitative estimate of drug-likeness (QED) is 0.544. The number of rotatable bonds is 5. The summed E-state index contributed by atoms with van der Waals surface area (Å²) in [5, 5.41) is 5.75. The Hall–Kier alpha value is -2.00. The molecule has 1 aromatic heterocycles. The van der Waals surface area contributed by atoms with E-state index in [1.165, 1.54) is 0 Å². The van der Waals surface area contributed by atoms with Crippen molar-refractivity contribution in [1.82, 2.24) is 10.3 Å². The first-order valence-corrected chi connectivity index (χ1v) is 7.71. The number of alkyl halides is 6. The first-order valence-electron chi connectivity index (χ1n) is 7.33. The summed E-state index contributed by atoms with van der Waals surface area (Å²) in [7, 11) is 1.66. The lowest BCUT2D eigenvalue weighted by molar-refractivity contribution is -0.143. The molecular formula is C16H14ClF6N3. The molecule has 0 aliphatic carbocycles. The molecule has 3 nitrogen and oxygen atoms in total. The van der Waals surface area contributed by atoms with Gasteiger partial charge in [-0.05, 0) is 29.8 Å². The maximum absolute atomic E-state index is 12.8. The van der Waals surface area contributed by atoms with Gasteiger partial charge in [-0.15, -0.1) is 0 Å². The Bertz CT molecular complexity index is 741. The maximum atomic E-state index is 12.8. The van der Waals surface area contributed by atoms with Crippen LogP contribution in [0.25, 0.3) is 0 Å². The summed E-state index contributed by atoms with van der Waals surface area (Å²) in [6.07, 6.45) is -9.74. The molecule has 0 radical (unpaired) electrons. The fraction of sp³-hybridized carbons (Fsp3) is 0.312. The van der Waals surface area contributed by atoms with E-state index >= 15 is 0 Å². The van der Waals surface area contributed by atoms with Gasteiger partial charge in [-0.3, -0.25) is 0 Å². The van der Waals surface area contributed by atoms with Crippen molar-refractivity contribution in [2.45, 2.75) is 25.4 Å². The van der Waals surface area contributed by atoms with Gasteiger partial charge in [0.25, 0.3) is 0 Å². The van der Waals surface area contributed by atoms with Crippen molar-refractivity contribution in [3.8, 4) is 0 Å². The SMILES string of the molecule is CNc1ccc(CNCc2cc(C(F)(F)F)cc(C(F)(F)F)c2)c(Cl)n1. The van der Waals surface area contributed by atoms with Crippen LogP contribution in [-0.4, -0.2) is 12.0 Å². The average Bonchev–Trinajstić information content (AvgIpc) is 2.54. The van der Waals surface area contributed by atoms with Crippen molar-refractivity contribution in [3.05, 3.63) is 57.7 Å². The van der Waals surface area contributed by atoms with Crippen LogP contribution in [0.2, 0.25) is 5.15 Å². The van der Waals surface area contributed by atoms with Crippen LogP contribution in [0.1, 0.15) is 22.3 Å². The van der Waals surface area contributed by atoms with E-state index in [1.54, 1.807) is 19.2 Å². The van der Waals surface area contributed by atoms with Crippen LogP contribution in [0.4, 0.5) is 32.2 Å². The highest BCUT2D eigenvalue weighted by molar-refractivity contribution is 6.30. The molecule has 2 rings (SSSR count). The van der Waals surface area contributed by atoms with Gasteiger partial charge in [-0.2, -0.15) is 26.3 Å². The third-order valence-corrected chi connectivity index (χ3v) is 3.80. The van der Waals surface area contributed by atoms with E-state index in [1.807, 2.05) is 0 Å². The number of hydrogen-bond acceptors (Lipinski definition) is 3. The van der Waals surface area contributed by atoms with Crippen LogP contribution in [0.5, 0.6) is 0 Å². The molecule has 0 unspecified atom stereocenters. The maximum Gasteiger partial charge on any atom is 0.416 e. The minimum Gasteiger partial charge on any atom is -0.373 e. The van der Waals surface area contributed by atoms with Crippen molar-refractivity contribution in [2.75, 3.05) is 12.4 Å². The van der Waals surface area contributed by atoms with Crippen LogP contribution >= 0.6 is 11.6 Å². The number of nitrogens with zero attached hydrogens (tertiary/aromatic N) is 1. The molecule has 0 bridgehead atoms. The molecule has 26 heavy (non-hydrogen) atoms. The van der Waals surface area contributed by atoms with Gasteiger partial charge in [0, 0.05) is 25.7 Å². The number of benzene rings is 1. The molecule has 2 aromatic rings. The van der Waals surface area contributed by atoms with E-state index in [9.17, 15) is 26.3 Å². The van der Waals surface area contributed by atoms with Gasteiger partial charge in [0.2, 0.25) is 0 Å². The standard InChI is InChI=1S/C16H14ClF6N3/c1-24-13-3-2-10(14(17)26-13)8-25-7-9-4-11(15(18,19)20)6-12(5-9)16(21,22)23/h2-6,25H,7-8H2,1H3,(H,24,26). The van der Waals surface area contributed by atoms with Crippen LogP contribution in [0.15, 0.2) is 30.3 Å². The Morgan fingerprint density at radius 2 is 1.50 bits per heavy atom. The lowest BCUT2D eigenvalue weighted by Crippen LogP contribution is -2.16. The van der Waals surface area contributed by atoms with E-state index in [0.29, 0.717) is 23.5 Å². The Labute approximate surface area is 150 Å². The molecule has 1 aromatic carbocycles. The van der Waals surface area contributed by atoms with Crippen molar-refractivity contribution >= 4 is 17.4 Å². The Morgan fingerprint density at radius 3 is 1.96 bits per heavy atom. The van der Waals surface area contributed by atoms with Crippen LogP contribution in [0, 0.1) is 0 Å². The number of hydrogen-bond donors (Lipinski definition) is 2. The van der Waals surface area contributed by atoms with Crippen molar-refractivity contribution < 1.29 is 26.3 Å². The van der Waals surface area contributed by atoms with E-state index in [-0.39, 0.29) is 29.9 Å². The van der Waals surface area contributed by atoms with Gasteiger partial charge in [0.15, 0.2) is 0 Å². The number of aromatic nitrogens is 1. The molecule has 0 amide bonds. The average molecular weight is 398 g/mol. The zero-order chi connectivity index (χ0) is 19.5. The highest BCUT2D eigenvalue weighted by Crippen LogP contribution is 2.36. The summed E-state index contributed by atoms with van der Waals surface area (Å²) in [5.41, 5.74) is -2.26. The summed E-state index contributed by atoms with van der Waals surface area (Å²) >= 11 is 5.97. The van der Waals surface area contributed by atoms with Crippen molar-refractivity contribution in [2.24, 2.45) is 0 Å². The second-order valence-corrected chi connectivity index (χ2v) is 5.77. The second-order valence-electron chi connectivity index (χ2n) is 5.41. The van der Waals surface area contributed by atoms with E-state index in [2.05, 4.69) is 15.6 Å². The van der Waals surface area contributed by atoms with Gasteiger partial charge in [-0.1, -0.05) is 17.7 Å². The molecule has 0 spiro atoms. The Balaban J connectivity index is 2.16. The molecule has 10 heteroatoms. The molecule has 0 saturated carbocycles. The predicted octanol–water partition coefficient (Wildman–Crippen LogP) is 5.10. The first kappa shape index (κ1) is 20.3. The highest BCUT2D eigenvalue weighted by atomic mass is 35.5. The monoisotopic (exact) mass is 397 g/mol. The van der Waals surface area contributed by atoms with Gasteiger partial charge in [-0.25, -0.2) is 4.98 Å². The zero-order valence-corrected chi connectivity index (χ0v) is 14.1. The molecule has 0 saturated heterocycles. The summed E-state index contributed by atoms with van der Waals surface area (Å²) in [5.74, 6) is 0.534. The Kier molecular flexibility index (Phi) is 6.02. The molecule has 0 aliphatic heterocycles. The third-order valence-electron chi connectivity index (χ3n) is 3.47. The number of anilines is 1. The van der Waals surface area contributed by atoms with E-state index in [0.717, 1.165) is 0 Å². The first-order chi connectivity index (χ1) is 12.0. The van der Waals surface area contributed by atoms with E-state index in [4.69, 9.17) is 11.6 Å². The molecule has 142 valence electrons.